The van der Waals surface area contributed by atoms with Gasteiger partial charge in [-0.05, 0) is 13.0 Å². The van der Waals surface area contributed by atoms with Gasteiger partial charge in [0.15, 0.2) is 11.8 Å². The van der Waals surface area contributed by atoms with E-state index in [0.717, 1.165) is 6.20 Å². The van der Waals surface area contributed by atoms with Gasteiger partial charge in [0, 0.05) is 32.2 Å². The van der Waals surface area contributed by atoms with Crippen LogP contribution in [-0.4, -0.2) is 64.5 Å². The number of aromatic nitrogens is 1. The van der Waals surface area contributed by atoms with Crippen LogP contribution in [0, 0.1) is 10.1 Å². The standard InChI is InChI=1S/C13H18N6O4/c1-2-23-13(20)18-7-5-17(6-8-18)12(14)16-11-4-3-10(9-15-11)19(21)22/h3-4,9H,2,5-8H2,1H3,(H2,14,15,16). The predicted octanol–water partition coefficient (Wildman–Crippen LogP) is 0.710. The zero-order valence-electron chi connectivity index (χ0n) is 12.7. The summed E-state index contributed by atoms with van der Waals surface area (Å²) in [6, 6.07) is 2.75. The lowest BCUT2D eigenvalue weighted by molar-refractivity contribution is -0.385. The van der Waals surface area contributed by atoms with E-state index in [1.165, 1.54) is 12.1 Å². The largest absolute Gasteiger partial charge is 0.450 e. The molecule has 10 nitrogen and oxygen atoms in total. The van der Waals surface area contributed by atoms with Crippen molar-refractivity contribution in [1.82, 2.24) is 14.8 Å². The van der Waals surface area contributed by atoms with Gasteiger partial charge in [-0.2, -0.15) is 4.99 Å². The van der Waals surface area contributed by atoms with E-state index in [2.05, 4.69) is 9.98 Å². The molecule has 1 aliphatic rings. The Bertz CT molecular complexity index is 595. The molecule has 1 fully saturated rings. The van der Waals surface area contributed by atoms with Crippen LogP contribution in [0.4, 0.5) is 16.3 Å². The van der Waals surface area contributed by atoms with Crippen LogP contribution < -0.4 is 5.73 Å². The van der Waals surface area contributed by atoms with Gasteiger partial charge in [0.1, 0.15) is 6.20 Å². The van der Waals surface area contributed by atoms with E-state index in [9.17, 15) is 14.9 Å². The lowest BCUT2D eigenvalue weighted by Gasteiger charge is -2.34. The van der Waals surface area contributed by atoms with E-state index in [-0.39, 0.29) is 17.7 Å². The third-order valence-electron chi connectivity index (χ3n) is 3.30. The lowest BCUT2D eigenvalue weighted by atomic mass is 10.3. The number of piperazine rings is 1. The number of carbonyl (C=O) groups is 1. The summed E-state index contributed by atoms with van der Waals surface area (Å²) in [7, 11) is 0. The number of hydrogen-bond donors (Lipinski definition) is 1. The van der Waals surface area contributed by atoms with Gasteiger partial charge < -0.3 is 20.3 Å². The molecule has 0 atom stereocenters. The fourth-order valence-corrected chi connectivity index (χ4v) is 2.07. The molecule has 23 heavy (non-hydrogen) atoms. The summed E-state index contributed by atoms with van der Waals surface area (Å²) in [6.07, 6.45) is 0.796. The second kappa shape index (κ2) is 7.38. The first-order chi connectivity index (χ1) is 11.0. The number of ether oxygens (including phenoxy) is 1. The maximum Gasteiger partial charge on any atom is 0.409 e. The van der Waals surface area contributed by atoms with Gasteiger partial charge in [-0.15, -0.1) is 0 Å². The van der Waals surface area contributed by atoms with Gasteiger partial charge >= 0.3 is 6.09 Å². The number of carbonyl (C=O) groups excluding carboxylic acids is 1. The van der Waals surface area contributed by atoms with Crippen LogP contribution in [0.5, 0.6) is 0 Å². The summed E-state index contributed by atoms with van der Waals surface area (Å²) < 4.78 is 4.95. The van der Waals surface area contributed by atoms with Crippen LogP contribution in [0.15, 0.2) is 23.3 Å². The van der Waals surface area contributed by atoms with Crippen molar-refractivity contribution in [2.45, 2.75) is 6.92 Å². The predicted molar refractivity (Wildman–Crippen MR) is 82.3 cm³/mol. The molecule has 0 spiro atoms. The topological polar surface area (TPSA) is 127 Å². The highest BCUT2D eigenvalue weighted by atomic mass is 16.6. The van der Waals surface area contributed by atoms with Crippen molar-refractivity contribution >= 4 is 23.6 Å². The van der Waals surface area contributed by atoms with Crippen LogP contribution in [-0.2, 0) is 4.74 Å². The summed E-state index contributed by atoms with van der Waals surface area (Å²) in [6.45, 7) is 4.14. The Kier molecular flexibility index (Phi) is 5.28. The van der Waals surface area contributed by atoms with E-state index in [1.54, 1.807) is 11.8 Å². The Morgan fingerprint density at radius 3 is 2.57 bits per heavy atom. The average Bonchev–Trinajstić information content (AvgIpc) is 2.55. The van der Waals surface area contributed by atoms with Crippen LogP contribution >= 0.6 is 0 Å². The molecular formula is C13H18N6O4. The Morgan fingerprint density at radius 1 is 1.39 bits per heavy atom. The lowest BCUT2D eigenvalue weighted by Crippen LogP contribution is -2.52. The van der Waals surface area contributed by atoms with Crippen molar-refractivity contribution in [2.24, 2.45) is 10.7 Å². The van der Waals surface area contributed by atoms with Crippen molar-refractivity contribution in [3.8, 4) is 0 Å². The quantitative estimate of drug-likeness (QED) is 0.375. The number of hydrogen-bond acceptors (Lipinski definition) is 6. The van der Waals surface area contributed by atoms with Crippen LogP contribution in [0.25, 0.3) is 0 Å². The molecule has 0 aliphatic carbocycles. The molecule has 0 bridgehead atoms. The van der Waals surface area contributed by atoms with E-state index in [0.29, 0.717) is 38.6 Å². The van der Waals surface area contributed by atoms with Crippen molar-refractivity contribution in [3.63, 3.8) is 0 Å². The van der Waals surface area contributed by atoms with Crippen molar-refractivity contribution < 1.29 is 14.5 Å². The molecule has 1 aromatic heterocycles. The zero-order valence-corrected chi connectivity index (χ0v) is 12.7. The highest BCUT2D eigenvalue weighted by molar-refractivity contribution is 5.81. The Morgan fingerprint density at radius 2 is 2.04 bits per heavy atom. The number of amides is 1. The first kappa shape index (κ1) is 16.5. The minimum absolute atomic E-state index is 0.106. The fraction of sp³-hybridized carbons (Fsp3) is 0.462. The van der Waals surface area contributed by atoms with Gasteiger partial charge in [-0.3, -0.25) is 10.1 Å². The molecule has 10 heteroatoms. The molecule has 0 radical (unpaired) electrons. The van der Waals surface area contributed by atoms with Gasteiger partial charge in [0.05, 0.1) is 11.5 Å². The summed E-state index contributed by atoms with van der Waals surface area (Å²) in [4.78, 5) is 33.1. The van der Waals surface area contributed by atoms with Crippen molar-refractivity contribution in [3.05, 3.63) is 28.4 Å². The van der Waals surface area contributed by atoms with E-state index in [1.807, 2.05) is 4.90 Å². The normalized spacial score (nSPS) is 15.4. The molecule has 0 unspecified atom stereocenters. The summed E-state index contributed by atoms with van der Waals surface area (Å²) in [5.41, 5.74) is 5.82. The Labute approximate surface area is 132 Å². The molecule has 2 N–H and O–H groups in total. The van der Waals surface area contributed by atoms with E-state index < -0.39 is 4.92 Å². The van der Waals surface area contributed by atoms with Gasteiger partial charge in [0.25, 0.3) is 5.69 Å². The monoisotopic (exact) mass is 322 g/mol. The fourth-order valence-electron chi connectivity index (χ4n) is 2.07. The molecule has 0 saturated carbocycles. The maximum absolute atomic E-state index is 11.6. The van der Waals surface area contributed by atoms with Gasteiger partial charge in [-0.1, -0.05) is 0 Å². The molecule has 1 aliphatic heterocycles. The molecule has 124 valence electrons. The van der Waals surface area contributed by atoms with E-state index in [4.69, 9.17) is 10.5 Å². The molecule has 1 aromatic rings. The number of pyridine rings is 1. The highest BCUT2D eigenvalue weighted by Gasteiger charge is 2.22. The third-order valence-corrected chi connectivity index (χ3v) is 3.30. The SMILES string of the molecule is CCOC(=O)N1CCN(C(N)=Nc2ccc([N+](=O)[O-])cn2)CC1. The maximum atomic E-state index is 11.6. The van der Waals surface area contributed by atoms with Gasteiger partial charge in [0.2, 0.25) is 0 Å². The Hall–Kier alpha value is -2.91. The highest BCUT2D eigenvalue weighted by Crippen LogP contribution is 2.14. The molecule has 1 saturated heterocycles. The molecular weight excluding hydrogens is 304 g/mol. The third kappa shape index (κ3) is 4.28. The first-order valence-electron chi connectivity index (χ1n) is 7.12. The summed E-state index contributed by atoms with van der Waals surface area (Å²) in [5, 5.41) is 10.6. The zero-order chi connectivity index (χ0) is 16.8. The van der Waals surface area contributed by atoms with Crippen molar-refractivity contribution in [2.75, 3.05) is 32.8 Å². The number of nitrogens with zero attached hydrogens (tertiary/aromatic N) is 5. The summed E-state index contributed by atoms with van der Waals surface area (Å²) >= 11 is 0. The smallest absolute Gasteiger partial charge is 0.409 e. The Balaban J connectivity index is 1.94. The molecule has 1 amide bonds. The summed E-state index contributed by atoms with van der Waals surface area (Å²) in [5.74, 6) is 0.552. The molecule has 0 aromatic carbocycles. The second-order valence-electron chi connectivity index (χ2n) is 4.77. The minimum atomic E-state index is -0.529. The van der Waals surface area contributed by atoms with Crippen LogP contribution in [0.1, 0.15) is 6.92 Å². The van der Waals surface area contributed by atoms with Crippen LogP contribution in [0.3, 0.4) is 0 Å². The van der Waals surface area contributed by atoms with Crippen LogP contribution in [0.2, 0.25) is 0 Å². The van der Waals surface area contributed by atoms with Gasteiger partial charge in [-0.25, -0.2) is 9.78 Å². The molecule has 2 heterocycles. The average molecular weight is 322 g/mol. The molecule has 2 rings (SSSR count). The second-order valence-corrected chi connectivity index (χ2v) is 4.77. The van der Waals surface area contributed by atoms with Crippen molar-refractivity contribution in [1.29, 1.82) is 0 Å². The first-order valence-corrected chi connectivity index (χ1v) is 7.12. The number of rotatable bonds is 3. The number of nitro groups is 1. The van der Waals surface area contributed by atoms with E-state index >= 15 is 0 Å². The number of nitrogens with two attached hydrogens (primary N) is 1. The number of guanidine groups is 1. The minimum Gasteiger partial charge on any atom is -0.450 e. The number of aliphatic imine (C=N–C) groups is 1.